The summed E-state index contributed by atoms with van der Waals surface area (Å²) in [6.07, 6.45) is 9.53. The van der Waals surface area contributed by atoms with Crippen molar-refractivity contribution >= 4 is 14.6 Å². The van der Waals surface area contributed by atoms with Crippen molar-refractivity contribution in [2.45, 2.75) is 74.0 Å². The molecule has 1 saturated heterocycles. The lowest BCUT2D eigenvalue weighted by Gasteiger charge is -2.42. The van der Waals surface area contributed by atoms with E-state index < -0.39 is 14.6 Å². The van der Waals surface area contributed by atoms with Gasteiger partial charge < -0.3 is 9.13 Å². The summed E-state index contributed by atoms with van der Waals surface area (Å²) in [4.78, 5) is 0. The third-order valence-corrected chi connectivity index (χ3v) is 15.2. The van der Waals surface area contributed by atoms with Crippen LogP contribution in [0.5, 0.6) is 0 Å². The molecule has 5 aliphatic rings. The highest BCUT2D eigenvalue weighted by Crippen LogP contribution is 2.74. The highest BCUT2D eigenvalue weighted by Gasteiger charge is 2.57. The standard InChI is InChI=1S/C16H28N2O2P2/c19-21(13-1-2-13,14-3-4-14)17-9-11-18(12-10-17)22(20,15-5-6-15)16-7-8-16/h13-16H,1-12H2. The smallest absolute Gasteiger partial charge is 0.156 e. The van der Waals surface area contributed by atoms with Crippen LogP contribution in [-0.2, 0) is 9.13 Å². The highest BCUT2D eigenvalue weighted by atomic mass is 31.2. The van der Waals surface area contributed by atoms with Crippen molar-refractivity contribution in [3.8, 4) is 0 Å². The molecule has 1 aliphatic heterocycles. The van der Waals surface area contributed by atoms with Gasteiger partial charge in [-0.2, -0.15) is 0 Å². The van der Waals surface area contributed by atoms with Crippen LogP contribution >= 0.6 is 14.6 Å². The van der Waals surface area contributed by atoms with E-state index in [9.17, 15) is 9.13 Å². The number of piperazine rings is 1. The Labute approximate surface area is 133 Å². The van der Waals surface area contributed by atoms with Gasteiger partial charge in [0.05, 0.1) is 0 Å². The lowest BCUT2D eigenvalue weighted by atomic mass is 10.4. The maximum atomic E-state index is 13.6. The molecule has 0 unspecified atom stereocenters. The summed E-state index contributed by atoms with van der Waals surface area (Å²) in [7, 11) is -4.19. The van der Waals surface area contributed by atoms with E-state index in [4.69, 9.17) is 0 Å². The van der Waals surface area contributed by atoms with Crippen LogP contribution in [0.4, 0.5) is 0 Å². The second-order valence-corrected chi connectivity index (χ2v) is 14.9. The Bertz CT molecular complexity index is 474. The summed E-state index contributed by atoms with van der Waals surface area (Å²) in [6, 6.07) is 0. The average Bonchev–Trinajstić information content (AvgIpc) is 3.45. The molecule has 0 spiro atoms. The first kappa shape index (κ1) is 14.7. The SMILES string of the molecule is O=P(C1CC1)(C1CC1)N1CCN(P(=O)(C2CC2)C2CC2)CC1. The monoisotopic (exact) mass is 342 g/mol. The third kappa shape index (κ3) is 2.25. The zero-order valence-corrected chi connectivity index (χ0v) is 15.2. The average molecular weight is 342 g/mol. The van der Waals surface area contributed by atoms with Crippen LogP contribution in [0.3, 0.4) is 0 Å². The van der Waals surface area contributed by atoms with Gasteiger partial charge in [-0.15, -0.1) is 0 Å². The van der Waals surface area contributed by atoms with Gasteiger partial charge in [-0.3, -0.25) is 9.34 Å². The van der Waals surface area contributed by atoms with Crippen molar-refractivity contribution < 1.29 is 9.13 Å². The van der Waals surface area contributed by atoms with Crippen molar-refractivity contribution in [2.24, 2.45) is 0 Å². The molecule has 22 heavy (non-hydrogen) atoms. The fourth-order valence-corrected chi connectivity index (χ4v) is 12.8. The third-order valence-electron chi connectivity index (χ3n) is 6.40. The van der Waals surface area contributed by atoms with Gasteiger partial charge in [0.2, 0.25) is 0 Å². The Hall–Kier alpha value is 0.380. The maximum Gasteiger partial charge on any atom is 0.156 e. The van der Waals surface area contributed by atoms with Crippen molar-refractivity contribution in [1.29, 1.82) is 0 Å². The van der Waals surface area contributed by atoms with E-state index in [0.717, 1.165) is 26.2 Å². The molecule has 5 fully saturated rings. The van der Waals surface area contributed by atoms with E-state index in [-0.39, 0.29) is 0 Å². The molecule has 0 N–H and O–H groups in total. The number of nitrogens with zero attached hydrogens (tertiary/aromatic N) is 2. The number of hydrogen-bond acceptors (Lipinski definition) is 2. The molecule has 1 heterocycles. The molecule has 0 amide bonds. The van der Waals surface area contributed by atoms with Gasteiger partial charge in [-0.05, 0) is 51.4 Å². The van der Waals surface area contributed by atoms with Crippen molar-refractivity contribution in [3.63, 3.8) is 0 Å². The maximum absolute atomic E-state index is 13.6. The Morgan fingerprint density at radius 3 is 0.909 bits per heavy atom. The van der Waals surface area contributed by atoms with Crippen LogP contribution in [0.25, 0.3) is 0 Å². The second kappa shape index (κ2) is 4.94. The predicted octanol–water partition coefficient (Wildman–Crippen LogP) is 3.81. The fraction of sp³-hybridized carbons (Fsp3) is 1.00. The van der Waals surface area contributed by atoms with Crippen LogP contribution < -0.4 is 0 Å². The summed E-state index contributed by atoms with van der Waals surface area (Å²) >= 11 is 0. The molecule has 5 rings (SSSR count). The Kier molecular flexibility index (Phi) is 3.30. The van der Waals surface area contributed by atoms with Gasteiger partial charge in [0.25, 0.3) is 0 Å². The van der Waals surface area contributed by atoms with Crippen molar-refractivity contribution in [1.82, 2.24) is 9.34 Å². The van der Waals surface area contributed by atoms with E-state index in [1.54, 1.807) is 0 Å². The van der Waals surface area contributed by atoms with E-state index in [1.165, 1.54) is 51.4 Å². The quantitative estimate of drug-likeness (QED) is 0.688. The van der Waals surface area contributed by atoms with Gasteiger partial charge in [-0.1, -0.05) is 0 Å². The molecule has 4 aliphatic carbocycles. The molecule has 0 aromatic carbocycles. The molecule has 0 bridgehead atoms. The van der Waals surface area contributed by atoms with Gasteiger partial charge in [0, 0.05) is 48.8 Å². The van der Waals surface area contributed by atoms with Crippen LogP contribution in [0, 0.1) is 0 Å². The molecule has 0 aromatic rings. The van der Waals surface area contributed by atoms with Gasteiger partial charge >= 0.3 is 0 Å². The molecular weight excluding hydrogens is 314 g/mol. The first-order valence-corrected chi connectivity index (χ1v) is 12.9. The number of hydrogen-bond donors (Lipinski definition) is 0. The molecule has 4 saturated carbocycles. The van der Waals surface area contributed by atoms with Crippen molar-refractivity contribution in [3.05, 3.63) is 0 Å². The van der Waals surface area contributed by atoms with Gasteiger partial charge in [-0.25, -0.2) is 0 Å². The molecule has 0 atom stereocenters. The van der Waals surface area contributed by atoms with Crippen LogP contribution in [0.15, 0.2) is 0 Å². The fourth-order valence-electron chi connectivity index (χ4n) is 4.61. The van der Waals surface area contributed by atoms with Gasteiger partial charge in [0.15, 0.2) is 14.6 Å². The lowest BCUT2D eigenvalue weighted by Crippen LogP contribution is -2.45. The minimum atomic E-state index is -2.09. The van der Waals surface area contributed by atoms with E-state index in [1.807, 2.05) is 0 Å². The highest BCUT2D eigenvalue weighted by molar-refractivity contribution is 7.64. The zero-order chi connectivity index (χ0) is 14.9. The van der Waals surface area contributed by atoms with E-state index in [0.29, 0.717) is 22.6 Å². The second-order valence-electron chi connectivity index (χ2n) is 8.18. The van der Waals surface area contributed by atoms with E-state index >= 15 is 0 Å². The zero-order valence-electron chi connectivity index (χ0n) is 13.4. The topological polar surface area (TPSA) is 40.6 Å². The van der Waals surface area contributed by atoms with Gasteiger partial charge in [0.1, 0.15) is 0 Å². The summed E-state index contributed by atoms with van der Waals surface area (Å²) < 4.78 is 31.9. The minimum Gasteiger partial charge on any atom is -0.306 e. The number of rotatable bonds is 6. The van der Waals surface area contributed by atoms with Crippen LogP contribution in [0.2, 0.25) is 0 Å². The Morgan fingerprint density at radius 1 is 0.500 bits per heavy atom. The predicted molar refractivity (Wildman–Crippen MR) is 90.4 cm³/mol. The summed E-state index contributed by atoms with van der Waals surface area (Å²) in [5.74, 6) is 0. The molecular formula is C16H28N2O2P2. The van der Waals surface area contributed by atoms with Crippen LogP contribution in [0.1, 0.15) is 51.4 Å². The Balaban J connectivity index is 1.30. The largest absolute Gasteiger partial charge is 0.306 e. The molecule has 6 heteroatoms. The normalized spacial score (nSPS) is 32.4. The minimum absolute atomic E-state index is 0.519. The summed E-state index contributed by atoms with van der Waals surface area (Å²) in [5.41, 5.74) is 2.07. The summed E-state index contributed by atoms with van der Waals surface area (Å²) in [5, 5.41) is 0. The molecule has 0 aromatic heterocycles. The first-order chi connectivity index (χ1) is 10.6. The Morgan fingerprint density at radius 2 is 0.727 bits per heavy atom. The molecule has 0 radical (unpaired) electrons. The van der Waals surface area contributed by atoms with Crippen LogP contribution in [-0.4, -0.2) is 58.2 Å². The molecule has 4 nitrogen and oxygen atoms in total. The lowest BCUT2D eigenvalue weighted by molar-refractivity contribution is 0.267. The summed E-state index contributed by atoms with van der Waals surface area (Å²) in [6.45, 7) is 3.64. The first-order valence-electron chi connectivity index (χ1n) is 9.33. The van der Waals surface area contributed by atoms with Crippen molar-refractivity contribution in [2.75, 3.05) is 26.2 Å². The molecule has 124 valence electrons. The van der Waals surface area contributed by atoms with E-state index in [2.05, 4.69) is 9.34 Å².